The molecule has 0 saturated carbocycles. The Labute approximate surface area is 241 Å². The lowest BCUT2D eigenvalue weighted by Crippen LogP contribution is -2.40. The quantitative estimate of drug-likeness (QED) is 0.140. The van der Waals surface area contributed by atoms with E-state index in [0.29, 0.717) is 44.3 Å². The first kappa shape index (κ1) is 29.7. The van der Waals surface area contributed by atoms with Gasteiger partial charge in [-0.3, -0.25) is 19.5 Å². The van der Waals surface area contributed by atoms with Gasteiger partial charge in [-0.05, 0) is 56.5 Å². The van der Waals surface area contributed by atoms with E-state index < -0.39 is 16.9 Å². The second-order valence-corrected chi connectivity index (χ2v) is 10.9. The van der Waals surface area contributed by atoms with E-state index in [-0.39, 0.29) is 22.9 Å². The van der Waals surface area contributed by atoms with Gasteiger partial charge in [-0.15, -0.1) is 0 Å². The molecule has 2 heterocycles. The van der Waals surface area contributed by atoms with Crippen molar-refractivity contribution in [3.63, 3.8) is 0 Å². The summed E-state index contributed by atoms with van der Waals surface area (Å²) in [6, 6.07) is 10.5. The average molecular weight is 580 g/mol. The van der Waals surface area contributed by atoms with E-state index in [4.69, 9.17) is 14.2 Å². The fourth-order valence-corrected chi connectivity index (χ4v) is 5.61. The van der Waals surface area contributed by atoms with Crippen LogP contribution in [-0.4, -0.2) is 35.3 Å². The Morgan fingerprint density at radius 3 is 2.66 bits per heavy atom. The Balaban J connectivity index is 1.87. The van der Waals surface area contributed by atoms with Gasteiger partial charge in [-0.2, -0.15) is 0 Å². The van der Waals surface area contributed by atoms with Gasteiger partial charge in [0.25, 0.3) is 11.2 Å². The van der Waals surface area contributed by atoms with Crippen LogP contribution in [0.25, 0.3) is 6.08 Å². The number of carbonyl (C=O) groups is 1. The lowest BCUT2D eigenvalue weighted by molar-refractivity contribution is -0.384. The van der Waals surface area contributed by atoms with Crippen LogP contribution in [0, 0.1) is 10.1 Å². The third kappa shape index (κ3) is 6.57. The highest BCUT2D eigenvalue weighted by Crippen LogP contribution is 2.36. The summed E-state index contributed by atoms with van der Waals surface area (Å²) in [5.74, 6) is 0.472. The summed E-state index contributed by atoms with van der Waals surface area (Å²) in [6.45, 7) is 7.89. The molecule has 0 saturated heterocycles. The molecule has 0 amide bonds. The number of hydrogen-bond donors (Lipinski definition) is 0. The highest BCUT2D eigenvalue weighted by atomic mass is 32.1. The molecule has 0 bridgehead atoms. The minimum Gasteiger partial charge on any atom is -0.493 e. The van der Waals surface area contributed by atoms with Crippen LogP contribution in [-0.2, 0) is 9.53 Å². The summed E-state index contributed by atoms with van der Waals surface area (Å²) in [5.41, 5.74) is 1.34. The first-order valence-electron chi connectivity index (χ1n) is 13.4. The van der Waals surface area contributed by atoms with Crippen molar-refractivity contribution in [2.45, 2.75) is 59.1 Å². The summed E-state index contributed by atoms with van der Waals surface area (Å²) in [7, 11) is 1.54. The Bertz CT molecular complexity index is 1670. The Hall–Kier alpha value is -4.25. The second kappa shape index (κ2) is 12.9. The van der Waals surface area contributed by atoms with Gasteiger partial charge in [0.2, 0.25) is 0 Å². The molecule has 11 heteroatoms. The lowest BCUT2D eigenvalue weighted by Gasteiger charge is -2.26. The normalized spacial score (nSPS) is 15.0. The van der Waals surface area contributed by atoms with Crippen molar-refractivity contribution in [1.82, 2.24) is 4.57 Å². The zero-order valence-corrected chi connectivity index (χ0v) is 24.5. The topological polar surface area (TPSA) is 122 Å². The maximum Gasteiger partial charge on any atom is 0.338 e. The van der Waals surface area contributed by atoms with Crippen molar-refractivity contribution in [2.24, 2.45) is 4.99 Å². The van der Waals surface area contributed by atoms with E-state index in [1.807, 2.05) is 0 Å². The van der Waals surface area contributed by atoms with Gasteiger partial charge in [0.1, 0.15) is 0 Å². The highest BCUT2D eigenvalue weighted by Gasteiger charge is 2.34. The van der Waals surface area contributed by atoms with Crippen LogP contribution in [0.2, 0.25) is 0 Å². The zero-order chi connectivity index (χ0) is 29.7. The number of thiazole rings is 1. The molecule has 1 aromatic heterocycles. The minimum absolute atomic E-state index is 0.0805. The molecule has 0 aliphatic carbocycles. The number of rotatable bonds is 11. The first-order chi connectivity index (χ1) is 19.6. The summed E-state index contributed by atoms with van der Waals surface area (Å²) < 4.78 is 18.9. The number of nitrogens with zero attached hydrogens (tertiary/aromatic N) is 3. The standard InChI is InChI=1S/C30H33N3O7S/c1-6-7-8-14-39-23-13-12-21(17-24(23)38-5)27-26(29(35)40-18(2)3)19(4)31-30-32(27)28(34)25(41-30)16-20-10-9-11-22(15-20)33(36)37/h9-13,15-18,27H,6-8,14H2,1-5H3/b25-16-. The van der Waals surface area contributed by atoms with Gasteiger partial charge in [-0.1, -0.05) is 49.3 Å². The van der Waals surface area contributed by atoms with Crippen molar-refractivity contribution >= 4 is 29.1 Å². The zero-order valence-electron chi connectivity index (χ0n) is 23.7. The smallest absolute Gasteiger partial charge is 0.338 e. The molecule has 1 unspecified atom stereocenters. The van der Waals surface area contributed by atoms with Crippen molar-refractivity contribution in [2.75, 3.05) is 13.7 Å². The number of benzene rings is 2. The SMILES string of the molecule is CCCCCOc1ccc(C2C(C(=O)OC(C)C)=C(C)N=c3s/c(=C\c4cccc([N+](=O)[O-])c4)c(=O)n32)cc1OC. The number of methoxy groups -OCH3 is 1. The average Bonchev–Trinajstić information content (AvgIpc) is 3.23. The molecule has 0 N–H and O–H groups in total. The maximum absolute atomic E-state index is 13.9. The van der Waals surface area contributed by atoms with Gasteiger partial charge in [0.05, 0.1) is 46.6 Å². The van der Waals surface area contributed by atoms with E-state index in [1.54, 1.807) is 57.2 Å². The van der Waals surface area contributed by atoms with Gasteiger partial charge < -0.3 is 14.2 Å². The number of allylic oxidation sites excluding steroid dienone is 1. The molecule has 2 aromatic carbocycles. The molecule has 0 radical (unpaired) electrons. The molecule has 10 nitrogen and oxygen atoms in total. The number of hydrogen-bond acceptors (Lipinski definition) is 9. The van der Waals surface area contributed by atoms with E-state index in [2.05, 4.69) is 11.9 Å². The van der Waals surface area contributed by atoms with Crippen LogP contribution in [0.3, 0.4) is 0 Å². The van der Waals surface area contributed by atoms with Crippen molar-refractivity contribution < 1.29 is 23.9 Å². The minimum atomic E-state index is -0.840. The number of ether oxygens (including phenoxy) is 3. The number of esters is 1. The molecule has 4 rings (SSSR count). The van der Waals surface area contributed by atoms with Gasteiger partial charge in [0.15, 0.2) is 16.3 Å². The summed E-state index contributed by atoms with van der Waals surface area (Å²) in [5, 5.41) is 11.3. The fourth-order valence-electron chi connectivity index (χ4n) is 4.56. The van der Waals surface area contributed by atoms with Crippen LogP contribution in [0.5, 0.6) is 11.5 Å². The molecule has 3 aromatic rings. The van der Waals surface area contributed by atoms with Crippen LogP contribution in [0.15, 0.2) is 63.5 Å². The molecular formula is C30H33N3O7S. The van der Waals surface area contributed by atoms with Crippen molar-refractivity contribution in [3.8, 4) is 11.5 Å². The molecule has 1 aliphatic rings. The monoisotopic (exact) mass is 579 g/mol. The molecule has 216 valence electrons. The van der Waals surface area contributed by atoms with Crippen LogP contribution in [0.4, 0.5) is 5.69 Å². The largest absolute Gasteiger partial charge is 0.493 e. The van der Waals surface area contributed by atoms with Crippen LogP contribution in [0.1, 0.15) is 64.1 Å². The second-order valence-electron chi connectivity index (χ2n) is 9.85. The number of non-ortho nitro benzene ring substituents is 1. The van der Waals surface area contributed by atoms with Crippen LogP contribution < -0.4 is 24.4 Å². The Kier molecular flexibility index (Phi) is 9.38. The number of nitro groups is 1. The Morgan fingerprint density at radius 1 is 1.20 bits per heavy atom. The molecule has 1 aliphatic heterocycles. The number of nitro benzene ring substituents is 1. The summed E-state index contributed by atoms with van der Waals surface area (Å²) in [4.78, 5) is 43.0. The molecule has 0 spiro atoms. The lowest BCUT2D eigenvalue weighted by atomic mass is 9.95. The van der Waals surface area contributed by atoms with E-state index in [1.165, 1.54) is 23.8 Å². The number of aromatic nitrogens is 1. The summed E-state index contributed by atoms with van der Waals surface area (Å²) >= 11 is 1.15. The number of carbonyl (C=O) groups excluding carboxylic acids is 1. The third-order valence-electron chi connectivity index (χ3n) is 6.47. The third-order valence-corrected chi connectivity index (χ3v) is 7.45. The van der Waals surface area contributed by atoms with Gasteiger partial charge in [-0.25, -0.2) is 9.79 Å². The molecule has 1 atom stereocenters. The molecule has 41 heavy (non-hydrogen) atoms. The predicted octanol–water partition coefficient (Wildman–Crippen LogP) is 4.67. The Morgan fingerprint density at radius 2 is 1.98 bits per heavy atom. The van der Waals surface area contributed by atoms with Gasteiger partial charge in [0, 0.05) is 12.1 Å². The maximum atomic E-state index is 13.9. The number of unbranched alkanes of at least 4 members (excludes halogenated alkanes) is 2. The van der Waals surface area contributed by atoms with Crippen molar-refractivity contribution in [3.05, 3.63) is 94.7 Å². The van der Waals surface area contributed by atoms with Gasteiger partial charge >= 0.3 is 5.97 Å². The van der Waals surface area contributed by atoms with Crippen molar-refractivity contribution in [1.29, 1.82) is 0 Å². The highest BCUT2D eigenvalue weighted by molar-refractivity contribution is 7.07. The van der Waals surface area contributed by atoms with E-state index in [9.17, 15) is 19.7 Å². The first-order valence-corrected chi connectivity index (χ1v) is 14.2. The van der Waals surface area contributed by atoms with E-state index in [0.717, 1.165) is 30.6 Å². The van der Waals surface area contributed by atoms with Crippen LogP contribution >= 0.6 is 11.3 Å². The molecular weight excluding hydrogens is 546 g/mol. The predicted molar refractivity (Wildman–Crippen MR) is 156 cm³/mol. The molecule has 0 fully saturated rings. The van der Waals surface area contributed by atoms with E-state index >= 15 is 0 Å². The summed E-state index contributed by atoms with van der Waals surface area (Å²) in [6.07, 6.45) is 4.25. The number of fused-ring (bicyclic) bond motifs is 1. The fraction of sp³-hybridized carbons (Fsp3) is 0.367.